The molecular formula is C30H34Cl2FN3O4S. The number of halogens is 3. The van der Waals surface area contributed by atoms with Crippen molar-refractivity contribution in [2.75, 3.05) is 10.8 Å². The van der Waals surface area contributed by atoms with Gasteiger partial charge in [-0.1, -0.05) is 66.0 Å². The molecule has 0 spiro atoms. The predicted octanol–water partition coefficient (Wildman–Crippen LogP) is 6.36. The molecule has 2 amide bonds. The van der Waals surface area contributed by atoms with Crippen LogP contribution in [0.3, 0.4) is 0 Å². The Kier molecular flexibility index (Phi) is 10.4. The van der Waals surface area contributed by atoms with Crippen molar-refractivity contribution in [1.82, 2.24) is 10.2 Å². The third-order valence-electron chi connectivity index (χ3n) is 6.23. The number of hydrogen-bond acceptors (Lipinski definition) is 4. The average Bonchev–Trinajstić information content (AvgIpc) is 2.88. The van der Waals surface area contributed by atoms with Gasteiger partial charge < -0.3 is 10.2 Å². The van der Waals surface area contributed by atoms with E-state index in [4.69, 9.17) is 23.2 Å². The Balaban J connectivity index is 2.10. The summed E-state index contributed by atoms with van der Waals surface area (Å²) >= 11 is 12.3. The highest BCUT2D eigenvalue weighted by Crippen LogP contribution is 2.28. The standard InChI is InChI=1S/C30H34Cl2FN3O4S/c1-6-26(29(38)34-30(3,4)5)35(18-21-13-16-23(31)24(32)17-21)28(37)19-36(27-10-8-7-9-25(27)33)41(39,40)22-14-11-20(2)12-15-22/h7-17,26H,6,18-19H2,1-5H3,(H,34,38). The Morgan fingerprint density at radius 3 is 2.17 bits per heavy atom. The normalized spacial score (nSPS) is 12.5. The van der Waals surface area contributed by atoms with Gasteiger partial charge in [-0.25, -0.2) is 12.8 Å². The zero-order valence-electron chi connectivity index (χ0n) is 23.6. The summed E-state index contributed by atoms with van der Waals surface area (Å²) in [5, 5.41) is 3.48. The number of benzene rings is 3. The van der Waals surface area contributed by atoms with Gasteiger partial charge in [0.15, 0.2) is 0 Å². The second-order valence-corrected chi connectivity index (χ2v) is 13.4. The number of hydrogen-bond donors (Lipinski definition) is 1. The van der Waals surface area contributed by atoms with Gasteiger partial charge in [-0.15, -0.1) is 0 Å². The van der Waals surface area contributed by atoms with Crippen molar-refractivity contribution in [3.8, 4) is 0 Å². The molecule has 1 atom stereocenters. The van der Waals surface area contributed by atoms with Gasteiger partial charge in [0, 0.05) is 12.1 Å². The molecule has 7 nitrogen and oxygen atoms in total. The molecular weight excluding hydrogens is 588 g/mol. The van der Waals surface area contributed by atoms with Crippen molar-refractivity contribution in [2.45, 2.75) is 64.1 Å². The van der Waals surface area contributed by atoms with E-state index in [1.54, 1.807) is 37.3 Å². The summed E-state index contributed by atoms with van der Waals surface area (Å²) in [6.45, 7) is 8.19. The van der Waals surface area contributed by atoms with Crippen LogP contribution in [0.15, 0.2) is 71.6 Å². The average molecular weight is 623 g/mol. The van der Waals surface area contributed by atoms with E-state index < -0.39 is 45.8 Å². The summed E-state index contributed by atoms with van der Waals surface area (Å²) in [7, 11) is -4.38. The predicted molar refractivity (Wildman–Crippen MR) is 161 cm³/mol. The van der Waals surface area contributed by atoms with Crippen LogP contribution >= 0.6 is 23.2 Å². The number of para-hydroxylation sites is 1. The Bertz CT molecular complexity index is 1510. The Labute approximate surface area is 251 Å². The third-order valence-corrected chi connectivity index (χ3v) is 8.74. The first-order valence-corrected chi connectivity index (χ1v) is 15.2. The van der Waals surface area contributed by atoms with E-state index in [0.717, 1.165) is 15.9 Å². The molecule has 1 unspecified atom stereocenters. The van der Waals surface area contributed by atoms with Crippen LogP contribution in [0.25, 0.3) is 0 Å². The maximum absolute atomic E-state index is 15.0. The first-order chi connectivity index (χ1) is 19.1. The van der Waals surface area contributed by atoms with Gasteiger partial charge in [0.2, 0.25) is 11.8 Å². The van der Waals surface area contributed by atoms with Crippen molar-refractivity contribution >= 4 is 50.7 Å². The lowest BCUT2D eigenvalue weighted by Crippen LogP contribution is -2.55. The molecule has 3 rings (SSSR count). The lowest BCUT2D eigenvalue weighted by Gasteiger charge is -2.35. The number of aryl methyl sites for hydroxylation is 1. The van der Waals surface area contributed by atoms with Crippen LogP contribution in [0.4, 0.5) is 10.1 Å². The van der Waals surface area contributed by atoms with Gasteiger partial charge in [0.25, 0.3) is 10.0 Å². The van der Waals surface area contributed by atoms with Crippen LogP contribution in [0.2, 0.25) is 10.0 Å². The highest BCUT2D eigenvalue weighted by Gasteiger charge is 2.35. The van der Waals surface area contributed by atoms with E-state index in [-0.39, 0.29) is 28.6 Å². The maximum Gasteiger partial charge on any atom is 0.264 e. The molecule has 11 heteroatoms. The summed E-state index contributed by atoms with van der Waals surface area (Å²) in [5.74, 6) is -1.93. The fourth-order valence-electron chi connectivity index (χ4n) is 4.21. The quantitative estimate of drug-likeness (QED) is 0.285. The minimum atomic E-state index is -4.38. The summed E-state index contributed by atoms with van der Waals surface area (Å²) in [6, 6.07) is 15.2. The molecule has 0 aliphatic carbocycles. The molecule has 0 heterocycles. The molecule has 0 fully saturated rings. The molecule has 0 saturated carbocycles. The first kappa shape index (κ1) is 32.4. The van der Waals surface area contributed by atoms with Gasteiger partial charge >= 0.3 is 0 Å². The van der Waals surface area contributed by atoms with E-state index in [9.17, 15) is 18.0 Å². The lowest BCUT2D eigenvalue weighted by atomic mass is 10.1. The maximum atomic E-state index is 15.0. The van der Waals surface area contributed by atoms with Gasteiger partial charge in [-0.05, 0) is 76.1 Å². The molecule has 0 aliphatic rings. The Morgan fingerprint density at radius 1 is 0.976 bits per heavy atom. The summed E-state index contributed by atoms with van der Waals surface area (Å²) in [4.78, 5) is 28.6. The van der Waals surface area contributed by atoms with Crippen LogP contribution < -0.4 is 9.62 Å². The Morgan fingerprint density at radius 2 is 1.61 bits per heavy atom. The molecule has 3 aromatic rings. The zero-order valence-corrected chi connectivity index (χ0v) is 25.9. The summed E-state index contributed by atoms with van der Waals surface area (Å²) in [6.07, 6.45) is 0.236. The summed E-state index contributed by atoms with van der Waals surface area (Å²) in [5.41, 5.74) is 0.536. The number of rotatable bonds is 10. The molecule has 41 heavy (non-hydrogen) atoms. The fraction of sp³-hybridized carbons (Fsp3) is 0.333. The van der Waals surface area contributed by atoms with Crippen molar-refractivity contribution in [3.63, 3.8) is 0 Å². The molecule has 0 aliphatic heterocycles. The van der Waals surface area contributed by atoms with Gasteiger partial charge in [-0.2, -0.15) is 0 Å². The topological polar surface area (TPSA) is 86.8 Å². The lowest BCUT2D eigenvalue weighted by molar-refractivity contribution is -0.141. The number of nitrogens with zero attached hydrogens (tertiary/aromatic N) is 2. The van der Waals surface area contributed by atoms with E-state index >= 15 is 4.39 Å². The fourth-order valence-corrected chi connectivity index (χ4v) is 5.95. The van der Waals surface area contributed by atoms with Crippen LogP contribution in [-0.4, -0.2) is 43.3 Å². The second kappa shape index (κ2) is 13.2. The Hall–Kier alpha value is -3.14. The van der Waals surface area contributed by atoms with E-state index in [1.165, 1.54) is 35.2 Å². The number of anilines is 1. The number of nitrogens with one attached hydrogen (secondary N) is 1. The smallest absolute Gasteiger partial charge is 0.264 e. The molecule has 0 aromatic heterocycles. The van der Waals surface area contributed by atoms with Crippen molar-refractivity contribution < 1.29 is 22.4 Å². The van der Waals surface area contributed by atoms with Gasteiger partial charge in [0.1, 0.15) is 18.4 Å². The number of carbonyl (C=O) groups is 2. The molecule has 3 aromatic carbocycles. The van der Waals surface area contributed by atoms with Crippen LogP contribution in [0.5, 0.6) is 0 Å². The van der Waals surface area contributed by atoms with Gasteiger partial charge in [0.05, 0.1) is 20.6 Å². The van der Waals surface area contributed by atoms with Crippen molar-refractivity contribution in [1.29, 1.82) is 0 Å². The molecule has 0 radical (unpaired) electrons. The van der Waals surface area contributed by atoms with Gasteiger partial charge in [-0.3, -0.25) is 13.9 Å². The van der Waals surface area contributed by atoms with Crippen molar-refractivity contribution in [3.05, 3.63) is 93.7 Å². The largest absolute Gasteiger partial charge is 0.350 e. The SMILES string of the molecule is CCC(C(=O)NC(C)(C)C)N(Cc1ccc(Cl)c(Cl)c1)C(=O)CN(c1ccccc1F)S(=O)(=O)c1ccc(C)cc1. The van der Waals surface area contributed by atoms with Crippen LogP contribution in [0, 0.1) is 12.7 Å². The van der Waals surface area contributed by atoms with Crippen molar-refractivity contribution in [2.24, 2.45) is 0 Å². The monoisotopic (exact) mass is 621 g/mol. The number of sulfonamides is 1. The highest BCUT2D eigenvalue weighted by atomic mass is 35.5. The molecule has 1 N–H and O–H groups in total. The first-order valence-electron chi connectivity index (χ1n) is 13.0. The molecule has 0 bridgehead atoms. The number of carbonyl (C=O) groups excluding carboxylic acids is 2. The minimum Gasteiger partial charge on any atom is -0.350 e. The second-order valence-electron chi connectivity index (χ2n) is 10.7. The number of amides is 2. The minimum absolute atomic E-state index is 0.0680. The van der Waals surface area contributed by atoms with Crippen LogP contribution in [0.1, 0.15) is 45.2 Å². The highest BCUT2D eigenvalue weighted by molar-refractivity contribution is 7.92. The van der Waals surface area contributed by atoms with E-state index in [2.05, 4.69) is 5.32 Å². The summed E-state index contributed by atoms with van der Waals surface area (Å²) < 4.78 is 43.5. The third kappa shape index (κ3) is 8.21. The van der Waals surface area contributed by atoms with E-state index in [1.807, 2.05) is 27.7 Å². The van der Waals surface area contributed by atoms with E-state index in [0.29, 0.717) is 10.6 Å². The molecule has 220 valence electrons. The zero-order chi connectivity index (χ0) is 30.5. The molecule has 0 saturated heterocycles. The van der Waals surface area contributed by atoms with Crippen LogP contribution in [-0.2, 0) is 26.2 Å².